The van der Waals surface area contributed by atoms with Crippen molar-refractivity contribution in [2.45, 2.75) is 20.0 Å². The number of aryl methyl sites for hydroxylation is 2. The van der Waals surface area contributed by atoms with Crippen LogP contribution in [0.3, 0.4) is 0 Å². The Morgan fingerprint density at radius 3 is 2.60 bits per heavy atom. The number of aromatic nitrogens is 3. The molecule has 0 atom stereocenters. The van der Waals surface area contributed by atoms with Crippen molar-refractivity contribution in [2.75, 3.05) is 5.32 Å². The normalized spacial score (nSPS) is 11.4. The lowest BCUT2D eigenvalue weighted by atomic mass is 10.1. The Morgan fingerprint density at radius 2 is 1.91 bits per heavy atom. The molecule has 9 nitrogen and oxygen atoms in total. The van der Waals surface area contributed by atoms with E-state index < -0.39 is 41.2 Å². The number of fused-ring (bicyclic) bond motifs is 1. The molecule has 0 saturated heterocycles. The number of amides is 1. The number of carbonyl (C=O) groups excluding carboxylic acids is 1. The molecule has 0 unspecified atom stereocenters. The average molecular weight is 512 g/mol. The molecule has 1 amide bonds. The van der Waals surface area contributed by atoms with Gasteiger partial charge in [0.25, 0.3) is 5.56 Å². The molecule has 4 rings (SSSR count). The molecule has 35 heavy (non-hydrogen) atoms. The molecule has 184 valence electrons. The Hall–Kier alpha value is -3.94. The molecule has 0 bridgehead atoms. The number of hydrogen-bond acceptors (Lipinski definition) is 7. The first-order valence-corrected chi connectivity index (χ1v) is 10.7. The highest BCUT2D eigenvalue weighted by molar-refractivity contribution is 7.14. The standard InChI is InChI=1S/C21H16F4N4O5S/c1-8-10(14-17(31)28(2)21(32)29(3)18(14)33-8)6-13(30)27-20-26-11(7-35-20)9-4-5-12(34-19(24)25)16(23)15(9)22/h4-5,7,19H,6H2,1-3H3,(H,26,27,30). The minimum absolute atomic E-state index is 0.0340. The van der Waals surface area contributed by atoms with Gasteiger partial charge in [-0.3, -0.25) is 18.7 Å². The Bertz CT molecular complexity index is 1590. The third-order valence-electron chi connectivity index (χ3n) is 5.21. The summed E-state index contributed by atoms with van der Waals surface area (Å²) in [6.45, 7) is -1.77. The summed E-state index contributed by atoms with van der Waals surface area (Å²) in [6.07, 6.45) is -0.288. The fourth-order valence-corrected chi connectivity index (χ4v) is 4.22. The fraction of sp³-hybridized carbons (Fsp3) is 0.238. The van der Waals surface area contributed by atoms with Crippen LogP contribution in [0.1, 0.15) is 11.3 Å². The number of anilines is 1. The van der Waals surface area contributed by atoms with Crippen LogP contribution in [0.25, 0.3) is 22.4 Å². The number of nitrogens with zero attached hydrogens (tertiary/aromatic N) is 3. The molecule has 0 fully saturated rings. The van der Waals surface area contributed by atoms with Crippen LogP contribution >= 0.6 is 11.3 Å². The van der Waals surface area contributed by atoms with Crippen LogP contribution in [0.5, 0.6) is 5.75 Å². The topological polar surface area (TPSA) is 108 Å². The smallest absolute Gasteiger partial charge is 0.387 e. The van der Waals surface area contributed by atoms with Crippen LogP contribution in [0.2, 0.25) is 0 Å². The second-order valence-corrected chi connectivity index (χ2v) is 8.26. The monoisotopic (exact) mass is 512 g/mol. The second-order valence-electron chi connectivity index (χ2n) is 7.40. The van der Waals surface area contributed by atoms with E-state index in [1.807, 2.05) is 0 Å². The summed E-state index contributed by atoms with van der Waals surface area (Å²) < 4.78 is 64.5. The van der Waals surface area contributed by atoms with Crippen LogP contribution in [-0.2, 0) is 25.3 Å². The van der Waals surface area contributed by atoms with Gasteiger partial charge in [-0.1, -0.05) is 0 Å². The fourth-order valence-electron chi connectivity index (χ4n) is 3.49. The van der Waals surface area contributed by atoms with E-state index in [2.05, 4.69) is 15.0 Å². The number of thiazole rings is 1. The summed E-state index contributed by atoms with van der Waals surface area (Å²) in [5.41, 5.74) is -1.24. The molecule has 1 N–H and O–H groups in total. The molecule has 0 saturated carbocycles. The van der Waals surface area contributed by atoms with E-state index in [0.29, 0.717) is 0 Å². The maximum Gasteiger partial charge on any atom is 0.387 e. The van der Waals surface area contributed by atoms with Gasteiger partial charge in [0.05, 0.1) is 12.1 Å². The molecular weight excluding hydrogens is 496 g/mol. The number of benzene rings is 1. The van der Waals surface area contributed by atoms with Crippen molar-refractivity contribution in [1.29, 1.82) is 0 Å². The van der Waals surface area contributed by atoms with Crippen molar-refractivity contribution in [3.63, 3.8) is 0 Å². The Morgan fingerprint density at radius 1 is 1.20 bits per heavy atom. The van der Waals surface area contributed by atoms with Gasteiger partial charge < -0.3 is 14.5 Å². The number of alkyl halides is 2. The van der Waals surface area contributed by atoms with E-state index in [1.54, 1.807) is 6.92 Å². The van der Waals surface area contributed by atoms with E-state index in [1.165, 1.54) is 19.5 Å². The van der Waals surface area contributed by atoms with Gasteiger partial charge in [0.15, 0.2) is 16.7 Å². The van der Waals surface area contributed by atoms with Gasteiger partial charge >= 0.3 is 12.3 Å². The third-order valence-corrected chi connectivity index (χ3v) is 5.97. The summed E-state index contributed by atoms with van der Waals surface area (Å²) in [4.78, 5) is 41.4. The van der Waals surface area contributed by atoms with Gasteiger partial charge in [-0.05, 0) is 19.1 Å². The third kappa shape index (κ3) is 4.32. The van der Waals surface area contributed by atoms with Crippen LogP contribution < -0.4 is 21.3 Å². The van der Waals surface area contributed by atoms with Gasteiger partial charge in [-0.25, -0.2) is 14.2 Å². The SMILES string of the molecule is Cc1oc2c(c1CC(=O)Nc1nc(-c3ccc(OC(F)F)c(F)c3F)cs1)c(=O)n(C)c(=O)n2C. The highest BCUT2D eigenvalue weighted by Crippen LogP contribution is 2.32. The number of rotatable bonds is 6. The van der Waals surface area contributed by atoms with Crippen molar-refractivity contribution >= 4 is 33.5 Å². The van der Waals surface area contributed by atoms with E-state index >= 15 is 0 Å². The zero-order valence-electron chi connectivity index (χ0n) is 18.3. The molecule has 0 aliphatic heterocycles. The average Bonchev–Trinajstić information content (AvgIpc) is 3.38. The maximum atomic E-state index is 14.4. The second kappa shape index (κ2) is 9.02. The van der Waals surface area contributed by atoms with Crippen molar-refractivity contribution in [3.05, 3.63) is 61.3 Å². The summed E-state index contributed by atoms with van der Waals surface area (Å²) in [7, 11) is 2.74. The lowest BCUT2D eigenvalue weighted by Gasteiger charge is -2.08. The maximum absolute atomic E-state index is 14.4. The summed E-state index contributed by atoms with van der Waals surface area (Å²) in [5.74, 6) is -4.29. The van der Waals surface area contributed by atoms with Crippen molar-refractivity contribution in [3.8, 4) is 17.0 Å². The molecular formula is C21H16F4N4O5S. The minimum Gasteiger partial charge on any atom is -0.444 e. The zero-order chi connectivity index (χ0) is 25.6. The molecule has 0 spiro atoms. The number of furan rings is 1. The quantitative estimate of drug-likeness (QED) is 0.397. The predicted octanol–water partition coefficient (Wildman–Crippen LogP) is 3.32. The van der Waals surface area contributed by atoms with Crippen LogP contribution in [-0.4, -0.2) is 26.6 Å². The van der Waals surface area contributed by atoms with Gasteiger partial charge in [-0.2, -0.15) is 13.2 Å². The number of ether oxygens (including phenoxy) is 1. The number of halogens is 4. The predicted molar refractivity (Wildman–Crippen MR) is 118 cm³/mol. The minimum atomic E-state index is -3.32. The molecule has 4 aromatic rings. The summed E-state index contributed by atoms with van der Waals surface area (Å²) in [5, 5.41) is 3.98. The van der Waals surface area contributed by atoms with E-state index in [0.717, 1.165) is 32.6 Å². The van der Waals surface area contributed by atoms with Gasteiger partial charge in [-0.15, -0.1) is 11.3 Å². The number of nitrogens with one attached hydrogen (secondary N) is 1. The van der Waals surface area contributed by atoms with Gasteiger partial charge in [0, 0.05) is 30.6 Å². The number of hydrogen-bond donors (Lipinski definition) is 1. The van der Waals surface area contributed by atoms with Crippen LogP contribution in [0.15, 0.2) is 31.5 Å². The Kier molecular flexibility index (Phi) is 6.23. The summed E-state index contributed by atoms with van der Waals surface area (Å²) >= 11 is 0.914. The van der Waals surface area contributed by atoms with E-state index in [9.17, 15) is 31.9 Å². The van der Waals surface area contributed by atoms with E-state index in [-0.39, 0.29) is 45.2 Å². The number of carbonyl (C=O) groups is 1. The van der Waals surface area contributed by atoms with Crippen molar-refractivity contribution in [2.24, 2.45) is 14.1 Å². The lowest BCUT2D eigenvalue weighted by molar-refractivity contribution is -0.115. The molecule has 14 heteroatoms. The molecule has 0 radical (unpaired) electrons. The highest BCUT2D eigenvalue weighted by Gasteiger charge is 2.23. The van der Waals surface area contributed by atoms with Gasteiger partial charge in [0.2, 0.25) is 17.4 Å². The first-order chi connectivity index (χ1) is 16.5. The largest absolute Gasteiger partial charge is 0.444 e. The Labute approximate surface area is 197 Å². The first-order valence-electron chi connectivity index (χ1n) is 9.86. The lowest BCUT2D eigenvalue weighted by Crippen LogP contribution is -2.36. The first kappa shape index (κ1) is 24.2. The highest BCUT2D eigenvalue weighted by atomic mass is 32.1. The molecule has 0 aliphatic rings. The van der Waals surface area contributed by atoms with E-state index in [4.69, 9.17) is 4.42 Å². The molecule has 3 heterocycles. The molecule has 3 aromatic heterocycles. The zero-order valence-corrected chi connectivity index (χ0v) is 19.1. The summed E-state index contributed by atoms with van der Waals surface area (Å²) in [6, 6.07) is 1.87. The van der Waals surface area contributed by atoms with Crippen molar-refractivity contribution < 1.29 is 31.5 Å². The van der Waals surface area contributed by atoms with Gasteiger partial charge in [0.1, 0.15) is 11.1 Å². The molecule has 1 aromatic carbocycles. The van der Waals surface area contributed by atoms with Crippen LogP contribution in [0, 0.1) is 18.6 Å². The van der Waals surface area contributed by atoms with Crippen LogP contribution in [0.4, 0.5) is 22.7 Å². The molecule has 0 aliphatic carbocycles. The Balaban J connectivity index is 1.58. The van der Waals surface area contributed by atoms with Crippen molar-refractivity contribution in [1.82, 2.24) is 14.1 Å².